The highest BCUT2D eigenvalue weighted by atomic mass is 32.1. The second-order valence-corrected chi connectivity index (χ2v) is 20.0. The van der Waals surface area contributed by atoms with E-state index in [0.29, 0.717) is 17.6 Å². The molecule has 16 rings (SSSR count). The van der Waals surface area contributed by atoms with Gasteiger partial charge in [-0.3, -0.25) is 4.57 Å². The molecule has 11 aromatic carbocycles. The highest BCUT2D eigenvalue weighted by Gasteiger charge is 2.25. The van der Waals surface area contributed by atoms with Gasteiger partial charge in [-0.15, -0.1) is 22.7 Å². The molecule has 0 aliphatic rings. The van der Waals surface area contributed by atoms with Gasteiger partial charge in [-0.1, -0.05) is 140 Å². The summed E-state index contributed by atoms with van der Waals surface area (Å²) < 4.78 is 13.6. The van der Waals surface area contributed by atoms with Gasteiger partial charge in [0.1, 0.15) is 11.2 Å². The number of benzene rings is 11. The molecular formula is C61H32N4OS2. The van der Waals surface area contributed by atoms with Crippen LogP contribution in [0, 0.1) is 0 Å². The maximum atomic E-state index is 6.37. The first-order valence-electron chi connectivity index (χ1n) is 22.8. The van der Waals surface area contributed by atoms with Crippen LogP contribution in [0.5, 0.6) is 0 Å². The fourth-order valence-corrected chi connectivity index (χ4v) is 13.5. The molecular weight excluding hydrogens is 869 g/mol. The quantitative estimate of drug-likeness (QED) is 0.165. The van der Waals surface area contributed by atoms with Crippen LogP contribution >= 0.6 is 22.7 Å². The van der Waals surface area contributed by atoms with Crippen LogP contribution < -0.4 is 0 Å². The van der Waals surface area contributed by atoms with Crippen LogP contribution in [0.3, 0.4) is 0 Å². The molecule has 0 amide bonds. The fraction of sp³-hybridized carbons (Fsp3) is 0. The lowest BCUT2D eigenvalue weighted by Crippen LogP contribution is -2.06. The van der Waals surface area contributed by atoms with Crippen molar-refractivity contribution in [3.05, 3.63) is 194 Å². The standard InChI is InChI=1S/C61H32N4OS2/c1-2-12-38-33(11-1)30-48-58-56(38)44-28-23-34(37-16-10-20-50-55(37)45-15-3-6-19-49(45)66-50)29-46(44)43-17-9-18-47(57(43)58)65(48)61-63-59(35-24-26-41-39-13-4-7-21-51(39)67-53(41)31-35)62-60(64-61)36-25-27-42-40-14-5-8-22-52(40)68-54(42)32-36/h1-32H. The highest BCUT2D eigenvalue weighted by Crippen LogP contribution is 2.48. The first kappa shape index (κ1) is 36.7. The number of aromatic nitrogens is 4. The monoisotopic (exact) mass is 900 g/mol. The molecule has 5 aromatic heterocycles. The maximum absolute atomic E-state index is 6.37. The van der Waals surface area contributed by atoms with E-state index in [2.05, 4.69) is 193 Å². The van der Waals surface area contributed by atoms with Crippen LogP contribution in [0.15, 0.2) is 199 Å². The van der Waals surface area contributed by atoms with E-state index in [-0.39, 0.29) is 0 Å². The average Bonchev–Trinajstić information content (AvgIpc) is 4.16. The molecule has 0 aliphatic heterocycles. The Labute approximate surface area is 394 Å². The number of fused-ring (bicyclic) bond motifs is 14. The van der Waals surface area contributed by atoms with Crippen LogP contribution in [0.25, 0.3) is 156 Å². The summed E-state index contributed by atoms with van der Waals surface area (Å²) in [6.07, 6.45) is 0. The lowest BCUT2D eigenvalue weighted by molar-refractivity contribution is 0.669. The summed E-state index contributed by atoms with van der Waals surface area (Å²) in [4.78, 5) is 16.3. The topological polar surface area (TPSA) is 56.7 Å². The van der Waals surface area contributed by atoms with E-state index in [1.54, 1.807) is 22.7 Å². The van der Waals surface area contributed by atoms with Gasteiger partial charge in [0.15, 0.2) is 11.6 Å². The van der Waals surface area contributed by atoms with Crippen LogP contribution in [-0.4, -0.2) is 19.5 Å². The van der Waals surface area contributed by atoms with Crippen molar-refractivity contribution in [3.63, 3.8) is 0 Å². The molecule has 0 saturated heterocycles. The summed E-state index contributed by atoms with van der Waals surface area (Å²) in [5, 5.41) is 16.9. The van der Waals surface area contributed by atoms with Crippen molar-refractivity contribution >= 4 is 139 Å². The van der Waals surface area contributed by atoms with Gasteiger partial charge in [0.25, 0.3) is 0 Å². The van der Waals surface area contributed by atoms with Crippen molar-refractivity contribution in [2.45, 2.75) is 0 Å². The lowest BCUT2D eigenvalue weighted by atomic mass is 9.89. The molecule has 0 atom stereocenters. The van der Waals surface area contributed by atoms with Gasteiger partial charge < -0.3 is 4.42 Å². The Bertz CT molecular complexity index is 4690. The molecule has 0 aliphatic carbocycles. The van der Waals surface area contributed by atoms with Crippen LogP contribution in [0.4, 0.5) is 0 Å². The minimum atomic E-state index is 0.585. The third-order valence-electron chi connectivity index (χ3n) is 14.2. The molecule has 0 unspecified atom stereocenters. The molecule has 0 saturated carbocycles. The van der Waals surface area contributed by atoms with Gasteiger partial charge in [-0.2, -0.15) is 9.97 Å². The van der Waals surface area contributed by atoms with Crippen LogP contribution in [-0.2, 0) is 0 Å². The van der Waals surface area contributed by atoms with Gasteiger partial charge in [0, 0.05) is 78.4 Å². The molecule has 314 valence electrons. The van der Waals surface area contributed by atoms with E-state index in [0.717, 1.165) is 60.6 Å². The highest BCUT2D eigenvalue weighted by molar-refractivity contribution is 7.26. The number of furan rings is 1. The third kappa shape index (κ3) is 5.06. The number of rotatable bonds is 4. The van der Waals surface area contributed by atoms with Gasteiger partial charge in [0.05, 0.1) is 11.0 Å². The van der Waals surface area contributed by atoms with Gasteiger partial charge in [-0.05, 0) is 92.7 Å². The van der Waals surface area contributed by atoms with Crippen LogP contribution in [0.2, 0.25) is 0 Å². The van der Waals surface area contributed by atoms with Crippen molar-refractivity contribution in [3.8, 4) is 39.9 Å². The van der Waals surface area contributed by atoms with E-state index < -0.39 is 0 Å². The fourth-order valence-electron chi connectivity index (χ4n) is 11.2. The molecule has 0 fully saturated rings. The Balaban J connectivity index is 0.988. The SMILES string of the molecule is c1ccc2c(c1)cc1c3c2c2ccc(-c4cccc5oc6ccccc6c45)cc2c2cccc(c23)n1-c1nc(-c2ccc3c(c2)sc2ccccc23)nc(-c2ccc3c(c2)sc2ccccc23)n1. The van der Waals surface area contributed by atoms with Gasteiger partial charge in [0.2, 0.25) is 5.95 Å². The number of thiophene rings is 2. The molecule has 0 bridgehead atoms. The second kappa shape index (κ2) is 13.5. The van der Waals surface area contributed by atoms with Gasteiger partial charge in [-0.25, -0.2) is 4.98 Å². The van der Waals surface area contributed by atoms with Gasteiger partial charge >= 0.3 is 0 Å². The number of hydrogen-bond acceptors (Lipinski definition) is 6. The molecule has 5 heterocycles. The largest absolute Gasteiger partial charge is 0.456 e. The van der Waals surface area contributed by atoms with E-state index in [9.17, 15) is 0 Å². The Hall–Kier alpha value is -8.49. The third-order valence-corrected chi connectivity index (χ3v) is 16.5. The summed E-state index contributed by atoms with van der Waals surface area (Å²) in [6.45, 7) is 0. The predicted molar refractivity (Wildman–Crippen MR) is 287 cm³/mol. The van der Waals surface area contributed by atoms with E-state index in [1.165, 1.54) is 78.0 Å². The first-order valence-corrected chi connectivity index (χ1v) is 24.5. The van der Waals surface area contributed by atoms with E-state index in [4.69, 9.17) is 19.4 Å². The molecule has 5 nitrogen and oxygen atoms in total. The molecule has 7 heteroatoms. The Kier molecular flexibility index (Phi) is 7.31. The summed E-state index contributed by atoms with van der Waals surface area (Å²) >= 11 is 3.61. The predicted octanol–water partition coefficient (Wildman–Crippen LogP) is 17.5. The normalized spacial score (nSPS) is 12.4. The molecule has 68 heavy (non-hydrogen) atoms. The zero-order valence-corrected chi connectivity index (χ0v) is 37.6. The second-order valence-electron chi connectivity index (χ2n) is 17.8. The zero-order valence-electron chi connectivity index (χ0n) is 36.0. The number of hydrogen-bond donors (Lipinski definition) is 0. The van der Waals surface area contributed by atoms with Crippen molar-refractivity contribution in [1.29, 1.82) is 0 Å². The molecule has 0 spiro atoms. The van der Waals surface area contributed by atoms with E-state index in [1.807, 2.05) is 6.07 Å². The van der Waals surface area contributed by atoms with Crippen molar-refractivity contribution in [1.82, 2.24) is 19.5 Å². The number of para-hydroxylation sites is 1. The molecule has 0 N–H and O–H groups in total. The summed E-state index contributed by atoms with van der Waals surface area (Å²) in [6, 6.07) is 70.1. The Morgan fingerprint density at radius 1 is 0.338 bits per heavy atom. The van der Waals surface area contributed by atoms with Crippen molar-refractivity contribution in [2.75, 3.05) is 0 Å². The van der Waals surface area contributed by atoms with E-state index >= 15 is 0 Å². The minimum absolute atomic E-state index is 0.585. The van der Waals surface area contributed by atoms with Crippen molar-refractivity contribution in [2.24, 2.45) is 0 Å². The lowest BCUT2D eigenvalue weighted by Gasteiger charge is -2.13. The minimum Gasteiger partial charge on any atom is -0.456 e. The van der Waals surface area contributed by atoms with Crippen molar-refractivity contribution < 1.29 is 4.42 Å². The molecule has 16 aromatic rings. The molecule has 0 radical (unpaired) electrons. The average molecular weight is 901 g/mol. The smallest absolute Gasteiger partial charge is 0.238 e. The van der Waals surface area contributed by atoms with Crippen LogP contribution in [0.1, 0.15) is 0 Å². The first-order chi connectivity index (χ1) is 33.7. The maximum Gasteiger partial charge on any atom is 0.238 e. The zero-order chi connectivity index (χ0) is 44.2. The summed E-state index contributed by atoms with van der Waals surface area (Å²) in [5.41, 5.74) is 8.11. The number of nitrogens with zero attached hydrogens (tertiary/aromatic N) is 4. The Morgan fingerprint density at radius 2 is 0.912 bits per heavy atom. The summed E-state index contributed by atoms with van der Waals surface area (Å²) in [7, 11) is 0. The Morgan fingerprint density at radius 3 is 1.66 bits per heavy atom. The summed E-state index contributed by atoms with van der Waals surface area (Å²) in [5.74, 6) is 1.86.